The molecule has 5 rings (SSSR count). The first kappa shape index (κ1) is 27.6. The normalized spacial score (nSPS) is 18.9. The molecule has 202 valence electrons. The number of hydrogen-bond donors (Lipinski definition) is 0. The highest BCUT2D eigenvalue weighted by Crippen LogP contribution is 2.38. The van der Waals surface area contributed by atoms with Gasteiger partial charge in [-0.3, -0.25) is 9.78 Å². The molecule has 1 aromatic carbocycles. The predicted octanol–water partition coefficient (Wildman–Crippen LogP) is 5.54. The van der Waals surface area contributed by atoms with E-state index >= 15 is 0 Å². The second kappa shape index (κ2) is 12.0. The number of carbonyl (C=O) groups excluding carboxylic acids is 2. The van der Waals surface area contributed by atoms with Gasteiger partial charge in [0.05, 0.1) is 17.1 Å². The molecule has 1 fully saturated rings. The Morgan fingerprint density at radius 2 is 2.10 bits per heavy atom. The quantitative estimate of drug-likeness (QED) is 0.203. The van der Waals surface area contributed by atoms with Gasteiger partial charge in [0.25, 0.3) is 5.91 Å². The number of alkyl halides is 1. The average molecular weight is 658 g/mol. The van der Waals surface area contributed by atoms with Gasteiger partial charge in [-0.05, 0) is 73.9 Å². The second-order valence-corrected chi connectivity index (χ2v) is 11.5. The van der Waals surface area contributed by atoms with E-state index in [1.807, 2.05) is 42.2 Å². The van der Waals surface area contributed by atoms with E-state index in [9.17, 15) is 14.9 Å². The van der Waals surface area contributed by atoms with Crippen molar-refractivity contribution in [3.63, 3.8) is 0 Å². The van der Waals surface area contributed by atoms with Crippen LogP contribution >= 0.6 is 34.2 Å². The summed E-state index contributed by atoms with van der Waals surface area (Å²) in [5, 5.41) is 10.8. The fraction of sp³-hybridized carbons (Fsp3) is 0.414. The summed E-state index contributed by atoms with van der Waals surface area (Å²) in [6, 6.07) is 11.3. The van der Waals surface area contributed by atoms with Crippen LogP contribution in [0.2, 0.25) is 5.02 Å². The molecular formula is C29H29ClIN5O3. The Kier molecular flexibility index (Phi) is 8.52. The van der Waals surface area contributed by atoms with E-state index in [0.29, 0.717) is 54.5 Å². The Hall–Kier alpha value is -2.97. The number of ether oxygens (including phenoxy) is 1. The molecule has 8 nitrogen and oxygen atoms in total. The Bertz CT molecular complexity index is 1460. The van der Waals surface area contributed by atoms with Crippen LogP contribution in [0.4, 0.5) is 4.79 Å². The summed E-state index contributed by atoms with van der Waals surface area (Å²) in [7, 11) is 0. The first-order valence-corrected chi connectivity index (χ1v) is 15.1. The van der Waals surface area contributed by atoms with Crippen molar-refractivity contribution in [1.29, 1.82) is 5.26 Å². The third-order valence-corrected chi connectivity index (χ3v) is 8.75. The van der Waals surface area contributed by atoms with Crippen molar-refractivity contribution >= 4 is 57.1 Å². The lowest BCUT2D eigenvalue weighted by Crippen LogP contribution is -2.55. The Labute approximate surface area is 246 Å². The summed E-state index contributed by atoms with van der Waals surface area (Å²) < 4.78 is 6.28. The van der Waals surface area contributed by atoms with Crippen molar-refractivity contribution in [2.45, 2.75) is 44.6 Å². The van der Waals surface area contributed by atoms with Crippen molar-refractivity contribution in [3.05, 3.63) is 69.6 Å². The van der Waals surface area contributed by atoms with E-state index in [1.54, 1.807) is 11.1 Å². The molecule has 39 heavy (non-hydrogen) atoms. The maximum absolute atomic E-state index is 13.5. The largest absolute Gasteiger partial charge is 0.449 e. The van der Waals surface area contributed by atoms with E-state index in [-0.39, 0.29) is 24.0 Å². The Morgan fingerprint density at radius 3 is 2.87 bits per heavy atom. The lowest BCUT2D eigenvalue weighted by atomic mass is 9.82. The van der Waals surface area contributed by atoms with E-state index < -0.39 is 0 Å². The summed E-state index contributed by atoms with van der Waals surface area (Å²) in [6.45, 7) is 3.68. The number of hydrogen-bond acceptors (Lipinski definition) is 6. The molecule has 3 heterocycles. The highest BCUT2D eigenvalue weighted by atomic mass is 127. The molecule has 2 aromatic heterocycles. The number of amides is 2. The summed E-state index contributed by atoms with van der Waals surface area (Å²) in [5.74, 6) is 0.139. The summed E-state index contributed by atoms with van der Waals surface area (Å²) in [6.07, 6.45) is 4.62. The standard InChI is InChI=1S/C29H29ClIN5O3/c1-18-17-35(29(38)39-12-2-8-31)10-11-36(18)28(37)21-4-6-24-26(15-21)34-25-14-19(3-5-23(25)27(24)30)20-7-9-33-22(13-20)16-32/h4,6-7,9,13,15,18-19H,2-3,5,8,10-12,14,17H2,1H3. The third-order valence-electron chi connectivity index (χ3n) is 7.55. The number of carbonyl (C=O) groups is 2. The zero-order valence-electron chi connectivity index (χ0n) is 21.7. The minimum absolute atomic E-state index is 0.0864. The van der Waals surface area contributed by atoms with Crippen LogP contribution in [0.25, 0.3) is 10.9 Å². The van der Waals surface area contributed by atoms with Crippen LogP contribution in [0.3, 0.4) is 0 Å². The van der Waals surface area contributed by atoms with Gasteiger partial charge in [-0.15, -0.1) is 0 Å². The SMILES string of the molecule is CC1CN(C(=O)OCCCI)CCN1C(=O)c1ccc2c(Cl)c3c(nc2c1)CC(c1ccnc(C#N)c1)CC3. The average Bonchev–Trinajstić information content (AvgIpc) is 2.96. The Morgan fingerprint density at radius 1 is 1.26 bits per heavy atom. The number of pyridine rings is 2. The molecule has 2 unspecified atom stereocenters. The van der Waals surface area contributed by atoms with Crippen LogP contribution in [0, 0.1) is 11.3 Å². The van der Waals surface area contributed by atoms with Gasteiger partial charge >= 0.3 is 6.09 Å². The third kappa shape index (κ3) is 5.82. The van der Waals surface area contributed by atoms with E-state index in [4.69, 9.17) is 21.3 Å². The molecule has 10 heteroatoms. The highest BCUT2D eigenvalue weighted by Gasteiger charge is 2.31. The number of rotatable bonds is 5. The smallest absolute Gasteiger partial charge is 0.409 e. The number of piperazine rings is 1. The highest BCUT2D eigenvalue weighted by molar-refractivity contribution is 14.1. The van der Waals surface area contributed by atoms with Crippen LogP contribution in [-0.4, -0.2) is 68.5 Å². The number of nitriles is 1. The number of benzene rings is 1. The first-order valence-electron chi connectivity index (χ1n) is 13.1. The molecule has 2 atom stereocenters. The maximum atomic E-state index is 13.5. The predicted molar refractivity (Wildman–Crippen MR) is 157 cm³/mol. The first-order chi connectivity index (χ1) is 18.9. The fourth-order valence-electron chi connectivity index (χ4n) is 5.46. The summed E-state index contributed by atoms with van der Waals surface area (Å²) >= 11 is 9.11. The number of fused-ring (bicyclic) bond motifs is 2. The van der Waals surface area contributed by atoms with Crippen molar-refractivity contribution < 1.29 is 14.3 Å². The molecule has 0 bridgehead atoms. The molecule has 2 aliphatic rings. The van der Waals surface area contributed by atoms with Gasteiger partial charge in [-0.2, -0.15) is 5.26 Å². The van der Waals surface area contributed by atoms with Gasteiger partial charge < -0.3 is 14.5 Å². The van der Waals surface area contributed by atoms with Crippen LogP contribution in [0.15, 0.2) is 36.5 Å². The number of halogens is 2. The lowest BCUT2D eigenvalue weighted by molar-refractivity contribution is 0.0414. The van der Waals surface area contributed by atoms with E-state index in [0.717, 1.165) is 45.9 Å². The number of aromatic nitrogens is 2. The van der Waals surface area contributed by atoms with Gasteiger partial charge in [0.1, 0.15) is 11.8 Å². The van der Waals surface area contributed by atoms with Crippen LogP contribution in [0.1, 0.15) is 58.6 Å². The molecule has 3 aromatic rings. The molecule has 0 spiro atoms. The topological polar surface area (TPSA) is 99.4 Å². The molecular weight excluding hydrogens is 629 g/mol. The van der Waals surface area contributed by atoms with Gasteiger partial charge in [0.2, 0.25) is 0 Å². The van der Waals surface area contributed by atoms with E-state index in [2.05, 4.69) is 33.6 Å². The van der Waals surface area contributed by atoms with Gasteiger partial charge in [0, 0.05) is 52.9 Å². The van der Waals surface area contributed by atoms with Gasteiger partial charge in [0.15, 0.2) is 0 Å². The van der Waals surface area contributed by atoms with Crippen molar-refractivity contribution in [2.75, 3.05) is 30.7 Å². The van der Waals surface area contributed by atoms with Crippen LogP contribution in [0.5, 0.6) is 0 Å². The zero-order valence-corrected chi connectivity index (χ0v) is 24.6. The molecule has 1 aliphatic carbocycles. The second-order valence-electron chi connectivity index (χ2n) is 10.1. The maximum Gasteiger partial charge on any atom is 0.409 e. The molecule has 0 radical (unpaired) electrons. The summed E-state index contributed by atoms with van der Waals surface area (Å²) in [5.41, 5.74) is 4.74. The zero-order chi connectivity index (χ0) is 27.5. The minimum atomic E-state index is -0.318. The molecule has 0 N–H and O–H groups in total. The molecule has 0 saturated carbocycles. The lowest BCUT2D eigenvalue weighted by Gasteiger charge is -2.39. The van der Waals surface area contributed by atoms with Crippen molar-refractivity contribution in [2.24, 2.45) is 0 Å². The van der Waals surface area contributed by atoms with Crippen LogP contribution < -0.4 is 0 Å². The molecule has 1 aliphatic heterocycles. The summed E-state index contributed by atoms with van der Waals surface area (Å²) in [4.78, 5) is 38.4. The van der Waals surface area contributed by atoms with Crippen molar-refractivity contribution in [1.82, 2.24) is 19.8 Å². The monoisotopic (exact) mass is 657 g/mol. The van der Waals surface area contributed by atoms with Gasteiger partial charge in [-0.25, -0.2) is 9.78 Å². The Balaban J connectivity index is 1.34. The number of nitrogens with zero attached hydrogens (tertiary/aromatic N) is 5. The van der Waals surface area contributed by atoms with Gasteiger partial charge in [-0.1, -0.05) is 40.3 Å². The molecule has 2 amide bonds. The van der Waals surface area contributed by atoms with Crippen LogP contribution in [-0.2, 0) is 17.6 Å². The van der Waals surface area contributed by atoms with E-state index in [1.165, 1.54) is 0 Å². The molecule has 1 saturated heterocycles. The minimum Gasteiger partial charge on any atom is -0.449 e. The fourth-order valence-corrected chi connectivity index (χ4v) is 6.14. The van der Waals surface area contributed by atoms with Crippen molar-refractivity contribution in [3.8, 4) is 6.07 Å².